The van der Waals surface area contributed by atoms with Crippen LogP contribution in [0.25, 0.3) is 0 Å². The highest BCUT2D eigenvalue weighted by atomic mass is 32.1. The lowest BCUT2D eigenvalue weighted by Gasteiger charge is -2.34. The van der Waals surface area contributed by atoms with E-state index in [9.17, 15) is 19.2 Å². The summed E-state index contributed by atoms with van der Waals surface area (Å²) >= 11 is 1.57. The monoisotopic (exact) mass is 442 g/mol. The lowest BCUT2D eigenvalue weighted by Crippen LogP contribution is -2.47. The van der Waals surface area contributed by atoms with Crippen LogP contribution in [0.5, 0.6) is 0 Å². The van der Waals surface area contributed by atoms with Crippen LogP contribution in [0.2, 0.25) is 0 Å². The number of pyridine rings is 1. The number of piperidine rings is 1. The molecule has 0 bridgehead atoms. The highest BCUT2D eigenvalue weighted by Crippen LogP contribution is 2.25. The molecule has 2 aromatic heterocycles. The van der Waals surface area contributed by atoms with Crippen molar-refractivity contribution in [3.8, 4) is 0 Å². The van der Waals surface area contributed by atoms with Crippen LogP contribution in [0.4, 0.5) is 0 Å². The van der Waals surface area contributed by atoms with Crippen LogP contribution in [0.15, 0.2) is 28.5 Å². The second kappa shape index (κ2) is 8.66. The molecule has 1 saturated heterocycles. The highest BCUT2D eigenvalue weighted by molar-refractivity contribution is 7.09. The van der Waals surface area contributed by atoms with Crippen molar-refractivity contribution in [2.75, 3.05) is 20.1 Å². The largest absolute Gasteiger partial charge is 0.355 e. The number of rotatable bonds is 4. The molecular formula is C22H26N4O4S. The Balaban J connectivity index is 1.57. The molecule has 4 rings (SSSR count). The van der Waals surface area contributed by atoms with E-state index in [1.165, 1.54) is 4.57 Å². The molecule has 9 heteroatoms. The lowest BCUT2D eigenvalue weighted by molar-refractivity contribution is -0.138. The van der Waals surface area contributed by atoms with Gasteiger partial charge in [-0.25, -0.2) is 0 Å². The minimum atomic E-state index is -0.309. The molecule has 31 heavy (non-hydrogen) atoms. The van der Waals surface area contributed by atoms with Crippen molar-refractivity contribution in [1.82, 2.24) is 19.7 Å². The number of aryl methyl sites for hydroxylation is 1. The molecule has 0 aromatic carbocycles. The average molecular weight is 443 g/mol. The van der Waals surface area contributed by atoms with Crippen molar-refractivity contribution in [3.63, 3.8) is 0 Å². The molecule has 2 aromatic rings. The van der Waals surface area contributed by atoms with E-state index < -0.39 is 0 Å². The second-order valence-electron chi connectivity index (χ2n) is 8.21. The molecule has 0 aliphatic carbocycles. The number of nitrogens with zero attached hydrogens (tertiary/aromatic N) is 3. The molecule has 2 aliphatic rings. The number of carbonyl (C=O) groups is 3. The Kier molecular flexibility index (Phi) is 5.95. The number of hydrogen-bond acceptors (Lipinski definition) is 5. The van der Waals surface area contributed by atoms with E-state index in [2.05, 4.69) is 5.32 Å². The topological polar surface area (TPSA) is 91.7 Å². The third-order valence-corrected chi connectivity index (χ3v) is 6.89. The van der Waals surface area contributed by atoms with E-state index in [0.717, 1.165) is 16.0 Å². The lowest BCUT2D eigenvalue weighted by atomic mass is 9.93. The summed E-state index contributed by atoms with van der Waals surface area (Å²) in [6, 6.07) is 3.90. The third-order valence-electron chi connectivity index (χ3n) is 6.03. The van der Waals surface area contributed by atoms with Gasteiger partial charge >= 0.3 is 0 Å². The predicted octanol–water partition coefficient (Wildman–Crippen LogP) is 1.13. The van der Waals surface area contributed by atoms with Crippen LogP contribution >= 0.6 is 11.3 Å². The summed E-state index contributed by atoms with van der Waals surface area (Å²) < 4.78 is 1.43. The Morgan fingerprint density at radius 3 is 2.77 bits per heavy atom. The van der Waals surface area contributed by atoms with Crippen LogP contribution in [0, 0.1) is 5.92 Å². The van der Waals surface area contributed by atoms with Crippen molar-refractivity contribution in [1.29, 1.82) is 0 Å². The van der Waals surface area contributed by atoms with Crippen LogP contribution in [0.1, 0.15) is 39.2 Å². The molecule has 0 spiro atoms. The second-order valence-corrected chi connectivity index (χ2v) is 9.25. The first kappa shape index (κ1) is 21.3. The summed E-state index contributed by atoms with van der Waals surface area (Å²) in [6.45, 7) is 1.63. The summed E-state index contributed by atoms with van der Waals surface area (Å²) in [5.41, 5.74) is 1.47. The quantitative estimate of drug-likeness (QED) is 0.769. The van der Waals surface area contributed by atoms with Gasteiger partial charge in [0.15, 0.2) is 0 Å². The summed E-state index contributed by atoms with van der Waals surface area (Å²) in [7, 11) is 3.34. The number of nitrogens with one attached hydrogen (secondary N) is 1. The zero-order chi connectivity index (χ0) is 22.1. The number of hydrogen-bond donors (Lipinski definition) is 1. The Hall–Kier alpha value is -2.94. The van der Waals surface area contributed by atoms with E-state index in [1.807, 2.05) is 17.5 Å². The summed E-state index contributed by atoms with van der Waals surface area (Å²) in [4.78, 5) is 54.8. The maximum Gasteiger partial charge on any atom is 0.263 e. The van der Waals surface area contributed by atoms with Crippen molar-refractivity contribution in [3.05, 3.63) is 55.6 Å². The Morgan fingerprint density at radius 1 is 1.29 bits per heavy atom. The maximum atomic E-state index is 13.2. The van der Waals surface area contributed by atoms with Gasteiger partial charge in [0.25, 0.3) is 11.5 Å². The third kappa shape index (κ3) is 4.27. The van der Waals surface area contributed by atoms with Crippen molar-refractivity contribution in [2.24, 2.45) is 13.0 Å². The van der Waals surface area contributed by atoms with Crippen molar-refractivity contribution < 1.29 is 14.4 Å². The van der Waals surface area contributed by atoms with Gasteiger partial charge < -0.3 is 19.7 Å². The van der Waals surface area contributed by atoms with Crippen LogP contribution in [-0.4, -0.2) is 52.2 Å². The Labute approximate surface area is 184 Å². The Morgan fingerprint density at radius 2 is 2.10 bits per heavy atom. The maximum absolute atomic E-state index is 13.2. The van der Waals surface area contributed by atoms with Gasteiger partial charge in [0, 0.05) is 51.2 Å². The van der Waals surface area contributed by atoms with E-state index in [1.54, 1.807) is 41.4 Å². The highest BCUT2D eigenvalue weighted by Gasteiger charge is 2.33. The number of amides is 3. The molecule has 1 fully saturated rings. The molecule has 1 unspecified atom stereocenters. The molecular weight excluding hydrogens is 416 g/mol. The standard InChI is InChI=1S/C22H26N4O4S/c1-24-11-15-12-26(20(28)14-5-6-18(27)23-10-14)8-7-17(15)19(21(24)29)22(30)25(2)13-16-4-3-9-31-16/h3-4,9,11,14H,5-8,10,12-13H2,1-2H3,(H,23,27). The van der Waals surface area contributed by atoms with Gasteiger partial charge in [0.05, 0.1) is 12.5 Å². The van der Waals surface area contributed by atoms with E-state index in [0.29, 0.717) is 45.4 Å². The van der Waals surface area contributed by atoms with Gasteiger partial charge in [-0.05, 0) is 35.4 Å². The van der Waals surface area contributed by atoms with Gasteiger partial charge in [0.2, 0.25) is 11.8 Å². The van der Waals surface area contributed by atoms with Crippen molar-refractivity contribution >= 4 is 29.1 Å². The van der Waals surface area contributed by atoms with E-state index in [4.69, 9.17) is 0 Å². The molecule has 164 valence electrons. The summed E-state index contributed by atoms with van der Waals surface area (Å²) in [6.07, 6.45) is 3.11. The van der Waals surface area contributed by atoms with Crippen molar-refractivity contribution in [2.45, 2.75) is 32.4 Å². The molecule has 4 heterocycles. The molecule has 2 aliphatic heterocycles. The molecule has 8 nitrogen and oxygen atoms in total. The van der Waals surface area contributed by atoms with Crippen LogP contribution < -0.4 is 10.9 Å². The minimum absolute atomic E-state index is 0.0159. The summed E-state index contributed by atoms with van der Waals surface area (Å²) in [5, 5.41) is 4.72. The molecule has 3 amide bonds. The number of carbonyl (C=O) groups excluding carboxylic acids is 3. The first-order valence-electron chi connectivity index (χ1n) is 10.4. The first-order chi connectivity index (χ1) is 14.8. The first-order valence-corrected chi connectivity index (χ1v) is 11.3. The number of fused-ring (bicyclic) bond motifs is 1. The van der Waals surface area contributed by atoms with Gasteiger partial charge in [-0.3, -0.25) is 19.2 Å². The number of thiophene rings is 1. The normalized spacial score (nSPS) is 18.3. The number of aromatic nitrogens is 1. The molecule has 0 saturated carbocycles. The fraction of sp³-hybridized carbons (Fsp3) is 0.455. The SMILES string of the molecule is CN(Cc1cccs1)C(=O)c1c2c(cn(C)c1=O)CN(C(=O)C1CCC(=O)NC1)CC2. The summed E-state index contributed by atoms with van der Waals surface area (Å²) in [5.74, 6) is -0.509. The fourth-order valence-corrected chi connectivity index (χ4v) is 5.06. The Bertz CT molecular complexity index is 1070. The van der Waals surface area contributed by atoms with E-state index >= 15 is 0 Å². The van der Waals surface area contributed by atoms with E-state index in [-0.39, 0.29) is 34.8 Å². The zero-order valence-electron chi connectivity index (χ0n) is 17.7. The smallest absolute Gasteiger partial charge is 0.263 e. The van der Waals surface area contributed by atoms with Gasteiger partial charge in [-0.15, -0.1) is 11.3 Å². The molecule has 1 N–H and O–H groups in total. The minimum Gasteiger partial charge on any atom is -0.355 e. The average Bonchev–Trinajstić information content (AvgIpc) is 3.27. The van der Waals surface area contributed by atoms with Gasteiger partial charge in [-0.2, -0.15) is 0 Å². The molecule has 1 atom stereocenters. The zero-order valence-corrected chi connectivity index (χ0v) is 18.5. The van der Waals surface area contributed by atoms with Gasteiger partial charge in [0.1, 0.15) is 5.56 Å². The predicted molar refractivity (Wildman–Crippen MR) is 117 cm³/mol. The van der Waals surface area contributed by atoms with Crippen LogP contribution in [-0.2, 0) is 36.1 Å². The fourth-order valence-electron chi connectivity index (χ4n) is 4.30. The van der Waals surface area contributed by atoms with Gasteiger partial charge in [-0.1, -0.05) is 6.07 Å². The van der Waals surface area contributed by atoms with Crippen LogP contribution in [0.3, 0.4) is 0 Å². The molecule has 0 radical (unpaired) electrons.